The van der Waals surface area contributed by atoms with Crippen LogP contribution in [0.2, 0.25) is 0 Å². The van der Waals surface area contributed by atoms with E-state index in [2.05, 4.69) is 15.1 Å². The minimum atomic E-state index is -4.79. The number of alkyl halides is 3. The lowest BCUT2D eigenvalue weighted by molar-refractivity contribution is -0.212. The number of carbonyl (C=O) groups is 1. The summed E-state index contributed by atoms with van der Waals surface area (Å²) in [4.78, 5) is 20.5. The number of halogens is 5. The standard InChI is InChI=1S/C20H12F5N5O2/c21-17-12(10-6-28-29(7-10)20(23,24)25)2-3-13(18(17)22)16-8-32-19(31)30(16)11-1-4-14-15(5-11)27-9-26-14/h1-7,9,16H,8H2,(H,26,27). The molecule has 3 heterocycles. The van der Waals surface area contributed by atoms with Crippen LogP contribution in [-0.2, 0) is 11.0 Å². The average molecular weight is 449 g/mol. The van der Waals surface area contributed by atoms with Gasteiger partial charge in [-0.15, -0.1) is 13.2 Å². The van der Waals surface area contributed by atoms with Crippen LogP contribution in [0.3, 0.4) is 0 Å². The average Bonchev–Trinajstić information content (AvgIpc) is 3.48. The zero-order valence-corrected chi connectivity index (χ0v) is 15.9. The Labute approximate surface area is 176 Å². The first-order valence-corrected chi connectivity index (χ1v) is 9.23. The monoisotopic (exact) mass is 449 g/mol. The van der Waals surface area contributed by atoms with Gasteiger partial charge in [-0.25, -0.2) is 18.6 Å². The number of cyclic esters (lactones) is 1. The van der Waals surface area contributed by atoms with Crippen molar-refractivity contribution in [3.8, 4) is 11.1 Å². The van der Waals surface area contributed by atoms with Crippen LogP contribution in [0.15, 0.2) is 49.1 Å². The van der Waals surface area contributed by atoms with E-state index in [9.17, 15) is 22.4 Å². The third-order valence-corrected chi connectivity index (χ3v) is 5.18. The fraction of sp³-hybridized carbons (Fsp3) is 0.150. The van der Waals surface area contributed by atoms with Gasteiger partial charge in [0, 0.05) is 22.9 Å². The number of H-pyrrole nitrogens is 1. The van der Waals surface area contributed by atoms with Crippen molar-refractivity contribution >= 4 is 22.8 Å². The summed E-state index contributed by atoms with van der Waals surface area (Å²) < 4.78 is 72.9. The third kappa shape index (κ3) is 3.15. The Morgan fingerprint density at radius 3 is 2.69 bits per heavy atom. The van der Waals surface area contributed by atoms with E-state index in [0.717, 1.165) is 12.3 Å². The number of carbonyl (C=O) groups excluding carboxylic acids is 1. The second-order valence-corrected chi connectivity index (χ2v) is 7.04. The molecule has 2 aromatic carbocycles. The van der Waals surface area contributed by atoms with Gasteiger partial charge in [0.25, 0.3) is 0 Å². The summed E-state index contributed by atoms with van der Waals surface area (Å²) in [6.45, 7) is -0.235. The molecule has 1 amide bonds. The van der Waals surface area contributed by atoms with Crippen LogP contribution in [0.1, 0.15) is 11.6 Å². The van der Waals surface area contributed by atoms with Crippen molar-refractivity contribution in [3.05, 3.63) is 66.3 Å². The number of ether oxygens (including phenoxy) is 1. The van der Waals surface area contributed by atoms with Crippen molar-refractivity contribution in [1.29, 1.82) is 0 Å². The molecule has 4 aromatic rings. The Balaban J connectivity index is 1.53. The number of aromatic amines is 1. The maximum absolute atomic E-state index is 15.0. The summed E-state index contributed by atoms with van der Waals surface area (Å²) in [5.41, 5.74) is 0.848. The van der Waals surface area contributed by atoms with E-state index >= 15 is 4.39 Å². The zero-order chi connectivity index (χ0) is 22.6. The summed E-state index contributed by atoms with van der Waals surface area (Å²) >= 11 is 0. The molecule has 0 spiro atoms. The molecule has 0 saturated carbocycles. The van der Waals surface area contributed by atoms with Crippen LogP contribution < -0.4 is 4.90 Å². The molecule has 5 rings (SSSR count). The van der Waals surface area contributed by atoms with Crippen molar-refractivity contribution in [2.75, 3.05) is 11.5 Å². The van der Waals surface area contributed by atoms with Crippen LogP contribution in [0.4, 0.5) is 32.4 Å². The van der Waals surface area contributed by atoms with Crippen molar-refractivity contribution in [2.24, 2.45) is 0 Å². The van der Waals surface area contributed by atoms with Crippen molar-refractivity contribution in [2.45, 2.75) is 12.3 Å². The zero-order valence-electron chi connectivity index (χ0n) is 15.9. The fourth-order valence-corrected chi connectivity index (χ4v) is 3.65. The molecule has 0 aliphatic carbocycles. The molecule has 2 aromatic heterocycles. The lowest BCUT2D eigenvalue weighted by Crippen LogP contribution is -2.28. The summed E-state index contributed by atoms with van der Waals surface area (Å²) in [6.07, 6.45) is -2.71. The first-order valence-electron chi connectivity index (χ1n) is 9.23. The summed E-state index contributed by atoms with van der Waals surface area (Å²) in [7, 11) is 0. The topological polar surface area (TPSA) is 76.0 Å². The first-order chi connectivity index (χ1) is 15.2. The highest BCUT2D eigenvalue weighted by atomic mass is 19.4. The number of nitrogens with one attached hydrogen (secondary N) is 1. The van der Waals surface area contributed by atoms with Gasteiger partial charge >= 0.3 is 12.4 Å². The lowest BCUT2D eigenvalue weighted by atomic mass is 10.00. The van der Waals surface area contributed by atoms with Crippen LogP contribution in [0, 0.1) is 11.6 Å². The minimum absolute atomic E-state index is 0.176. The third-order valence-electron chi connectivity index (χ3n) is 5.18. The van der Waals surface area contributed by atoms with Gasteiger partial charge in [-0.1, -0.05) is 12.1 Å². The van der Waals surface area contributed by atoms with Crippen molar-refractivity contribution in [1.82, 2.24) is 19.7 Å². The summed E-state index contributed by atoms with van der Waals surface area (Å²) in [5, 5.41) is 3.14. The highest BCUT2D eigenvalue weighted by Crippen LogP contribution is 2.37. The summed E-state index contributed by atoms with van der Waals surface area (Å²) in [6, 6.07) is 6.25. The Kier molecular flexibility index (Phi) is 4.39. The van der Waals surface area contributed by atoms with E-state index in [1.807, 2.05) is 0 Å². The molecule has 12 heteroatoms. The maximum atomic E-state index is 15.0. The highest BCUT2D eigenvalue weighted by molar-refractivity contribution is 5.93. The normalized spacial score (nSPS) is 16.7. The molecule has 0 radical (unpaired) electrons. The second kappa shape index (κ2) is 7.04. The van der Waals surface area contributed by atoms with E-state index in [1.165, 1.54) is 17.3 Å². The summed E-state index contributed by atoms with van der Waals surface area (Å²) in [5.74, 6) is -2.65. The Bertz CT molecular complexity index is 1350. The number of imidazole rings is 1. The molecule has 1 aliphatic rings. The number of hydrogen-bond donors (Lipinski definition) is 1. The number of fused-ring (bicyclic) bond motifs is 1. The molecule has 7 nitrogen and oxygen atoms in total. The van der Waals surface area contributed by atoms with E-state index in [4.69, 9.17) is 4.74 Å². The van der Waals surface area contributed by atoms with Gasteiger partial charge in [0.05, 0.1) is 29.2 Å². The SMILES string of the molecule is O=C1OCC(c2ccc(-c3cnn(C(F)(F)F)c3)c(F)c2F)N1c1ccc2nc[nH]c2c1. The van der Waals surface area contributed by atoms with E-state index in [1.54, 1.807) is 18.2 Å². The number of rotatable bonds is 3. The van der Waals surface area contributed by atoms with Crippen LogP contribution >= 0.6 is 0 Å². The van der Waals surface area contributed by atoms with Gasteiger partial charge in [-0.05, 0) is 18.2 Å². The van der Waals surface area contributed by atoms with Crippen LogP contribution in [0.25, 0.3) is 22.2 Å². The molecule has 32 heavy (non-hydrogen) atoms. The van der Waals surface area contributed by atoms with Gasteiger partial charge in [-0.2, -0.15) is 9.78 Å². The number of benzene rings is 2. The molecule has 164 valence electrons. The highest BCUT2D eigenvalue weighted by Gasteiger charge is 2.38. The number of hydrogen-bond acceptors (Lipinski definition) is 4. The fourth-order valence-electron chi connectivity index (χ4n) is 3.65. The largest absolute Gasteiger partial charge is 0.504 e. The number of anilines is 1. The lowest BCUT2D eigenvalue weighted by Gasteiger charge is -2.22. The second-order valence-electron chi connectivity index (χ2n) is 7.04. The molecule has 1 aliphatic heterocycles. The predicted molar refractivity (Wildman–Crippen MR) is 102 cm³/mol. The number of aromatic nitrogens is 4. The molecule has 1 unspecified atom stereocenters. The van der Waals surface area contributed by atoms with Gasteiger partial charge in [0.2, 0.25) is 0 Å². The Morgan fingerprint density at radius 1 is 1.12 bits per heavy atom. The van der Waals surface area contributed by atoms with Crippen LogP contribution in [0.5, 0.6) is 0 Å². The predicted octanol–water partition coefficient (Wildman–Crippen LogP) is 4.88. The molecule has 1 fully saturated rings. The first kappa shape index (κ1) is 20.0. The van der Waals surface area contributed by atoms with E-state index < -0.39 is 35.6 Å². The molecular weight excluding hydrogens is 437 g/mol. The molecular formula is C20H12F5N5O2. The van der Waals surface area contributed by atoms with Crippen molar-refractivity contribution in [3.63, 3.8) is 0 Å². The number of amides is 1. The van der Waals surface area contributed by atoms with Crippen LogP contribution in [-0.4, -0.2) is 32.4 Å². The molecule has 0 bridgehead atoms. The van der Waals surface area contributed by atoms with Gasteiger partial charge in [-0.3, -0.25) is 4.90 Å². The Hall–Kier alpha value is -3.96. The van der Waals surface area contributed by atoms with Crippen molar-refractivity contribution < 1.29 is 31.5 Å². The van der Waals surface area contributed by atoms with Gasteiger partial charge in [0.1, 0.15) is 12.6 Å². The molecule has 1 saturated heterocycles. The minimum Gasteiger partial charge on any atom is -0.447 e. The van der Waals surface area contributed by atoms with E-state index in [-0.39, 0.29) is 22.4 Å². The molecule has 1 N–H and O–H groups in total. The number of nitrogens with zero attached hydrogens (tertiary/aromatic N) is 4. The Morgan fingerprint density at radius 2 is 1.94 bits per heavy atom. The quantitative estimate of drug-likeness (QED) is 0.453. The maximum Gasteiger partial charge on any atom is 0.504 e. The van der Waals surface area contributed by atoms with E-state index in [0.29, 0.717) is 22.9 Å². The smallest absolute Gasteiger partial charge is 0.447 e. The van der Waals surface area contributed by atoms with Gasteiger partial charge < -0.3 is 9.72 Å². The van der Waals surface area contributed by atoms with Gasteiger partial charge in [0.15, 0.2) is 11.6 Å². The molecule has 1 atom stereocenters.